The lowest BCUT2D eigenvalue weighted by Crippen LogP contribution is -2.48. The monoisotopic (exact) mass is 235 g/mol. The summed E-state index contributed by atoms with van der Waals surface area (Å²) < 4.78 is 0. The van der Waals surface area contributed by atoms with E-state index in [0.717, 1.165) is 19.5 Å². The van der Waals surface area contributed by atoms with Crippen molar-refractivity contribution in [3.63, 3.8) is 0 Å². The molecule has 1 amide bonds. The van der Waals surface area contributed by atoms with Gasteiger partial charge in [0.2, 0.25) is 5.91 Å². The molecule has 0 bridgehead atoms. The molecule has 0 aromatic heterocycles. The van der Waals surface area contributed by atoms with E-state index in [1.165, 1.54) is 25.7 Å². The number of amides is 1. The third kappa shape index (κ3) is 2.61. The number of likely N-dealkylation sites (N-methyl/N-ethyl adjacent to an activating group) is 1. The molecule has 17 heavy (non-hydrogen) atoms. The van der Waals surface area contributed by atoms with Crippen LogP contribution in [-0.2, 0) is 4.79 Å². The molecular formula is C13H21N3O. The van der Waals surface area contributed by atoms with Gasteiger partial charge in [-0.15, -0.1) is 0 Å². The number of carbonyl (C=O) groups excluding carboxylic acids is 1. The Bertz CT molecular complexity index is 317. The van der Waals surface area contributed by atoms with Gasteiger partial charge in [-0.2, -0.15) is 5.26 Å². The molecule has 1 heterocycles. The van der Waals surface area contributed by atoms with Crippen molar-refractivity contribution in [2.24, 2.45) is 0 Å². The van der Waals surface area contributed by atoms with Crippen LogP contribution in [0.15, 0.2) is 0 Å². The summed E-state index contributed by atoms with van der Waals surface area (Å²) in [5.41, 5.74) is 0. The van der Waals surface area contributed by atoms with Gasteiger partial charge in [-0.3, -0.25) is 9.69 Å². The Morgan fingerprint density at radius 3 is 2.65 bits per heavy atom. The SMILES string of the molecule is CN1CCCN(C2CCCC2)C(CC#N)C1=O. The zero-order chi connectivity index (χ0) is 12.3. The molecule has 94 valence electrons. The first-order valence-corrected chi connectivity index (χ1v) is 6.61. The second-order valence-corrected chi connectivity index (χ2v) is 5.17. The molecular weight excluding hydrogens is 214 g/mol. The number of nitriles is 1. The summed E-state index contributed by atoms with van der Waals surface area (Å²) in [6, 6.07) is 2.51. The van der Waals surface area contributed by atoms with Crippen LogP contribution >= 0.6 is 0 Å². The van der Waals surface area contributed by atoms with Crippen molar-refractivity contribution in [3.05, 3.63) is 0 Å². The lowest BCUT2D eigenvalue weighted by molar-refractivity contribution is -0.134. The highest BCUT2D eigenvalue weighted by molar-refractivity contribution is 5.82. The van der Waals surface area contributed by atoms with Crippen LogP contribution in [0.5, 0.6) is 0 Å². The van der Waals surface area contributed by atoms with Gasteiger partial charge in [0.05, 0.1) is 12.5 Å². The first-order chi connectivity index (χ1) is 8.24. The van der Waals surface area contributed by atoms with Crippen LogP contribution in [0, 0.1) is 11.3 Å². The zero-order valence-corrected chi connectivity index (χ0v) is 10.6. The second-order valence-electron chi connectivity index (χ2n) is 5.17. The maximum absolute atomic E-state index is 12.2. The first kappa shape index (κ1) is 12.4. The minimum atomic E-state index is -0.199. The van der Waals surface area contributed by atoms with Gasteiger partial charge < -0.3 is 4.90 Å². The summed E-state index contributed by atoms with van der Waals surface area (Å²) in [6.45, 7) is 1.79. The number of hydrogen-bond donors (Lipinski definition) is 0. The van der Waals surface area contributed by atoms with Crippen molar-refractivity contribution in [2.75, 3.05) is 20.1 Å². The lowest BCUT2D eigenvalue weighted by Gasteiger charge is -2.33. The molecule has 0 N–H and O–H groups in total. The number of rotatable bonds is 2. The van der Waals surface area contributed by atoms with E-state index in [4.69, 9.17) is 5.26 Å². The van der Waals surface area contributed by atoms with Crippen LogP contribution in [0.1, 0.15) is 38.5 Å². The minimum absolute atomic E-state index is 0.135. The summed E-state index contributed by atoms with van der Waals surface area (Å²) in [5.74, 6) is 0.135. The highest BCUT2D eigenvalue weighted by Gasteiger charge is 2.35. The van der Waals surface area contributed by atoms with E-state index in [1.807, 2.05) is 7.05 Å². The quantitative estimate of drug-likeness (QED) is 0.726. The molecule has 0 radical (unpaired) electrons. The van der Waals surface area contributed by atoms with Gasteiger partial charge >= 0.3 is 0 Å². The standard InChI is InChI=1S/C13H21N3O/c1-15-9-4-10-16(11-5-2-3-6-11)12(7-8-14)13(15)17/h11-12H,2-7,9-10H2,1H3. The highest BCUT2D eigenvalue weighted by Crippen LogP contribution is 2.27. The number of nitrogens with zero attached hydrogens (tertiary/aromatic N) is 3. The Morgan fingerprint density at radius 1 is 1.29 bits per heavy atom. The maximum atomic E-state index is 12.2. The Hall–Kier alpha value is -1.08. The molecule has 0 aromatic carbocycles. The predicted octanol–water partition coefficient (Wildman–Crippen LogP) is 1.38. The van der Waals surface area contributed by atoms with Crippen molar-refractivity contribution in [2.45, 2.75) is 50.6 Å². The zero-order valence-electron chi connectivity index (χ0n) is 10.6. The molecule has 0 aromatic rings. The van der Waals surface area contributed by atoms with Crippen LogP contribution in [0.2, 0.25) is 0 Å². The summed E-state index contributed by atoms with van der Waals surface area (Å²) in [6.07, 6.45) is 6.28. The fraction of sp³-hybridized carbons (Fsp3) is 0.846. The summed E-state index contributed by atoms with van der Waals surface area (Å²) in [5, 5.41) is 8.93. The molecule has 1 saturated carbocycles. The molecule has 4 heteroatoms. The van der Waals surface area contributed by atoms with E-state index in [-0.39, 0.29) is 11.9 Å². The van der Waals surface area contributed by atoms with Gasteiger partial charge in [0.15, 0.2) is 0 Å². The Balaban J connectivity index is 2.15. The molecule has 2 rings (SSSR count). The van der Waals surface area contributed by atoms with E-state index in [9.17, 15) is 4.79 Å². The van der Waals surface area contributed by atoms with Crippen LogP contribution in [0.4, 0.5) is 0 Å². The highest BCUT2D eigenvalue weighted by atomic mass is 16.2. The van der Waals surface area contributed by atoms with E-state index in [0.29, 0.717) is 12.5 Å². The van der Waals surface area contributed by atoms with Gasteiger partial charge in [-0.05, 0) is 19.3 Å². The van der Waals surface area contributed by atoms with Gasteiger partial charge in [0.25, 0.3) is 0 Å². The average molecular weight is 235 g/mol. The van der Waals surface area contributed by atoms with Crippen molar-refractivity contribution in [1.29, 1.82) is 5.26 Å². The fourth-order valence-electron chi connectivity index (χ4n) is 3.12. The van der Waals surface area contributed by atoms with E-state index >= 15 is 0 Å². The van der Waals surface area contributed by atoms with Crippen LogP contribution in [-0.4, -0.2) is 47.9 Å². The van der Waals surface area contributed by atoms with Gasteiger partial charge in [0, 0.05) is 26.2 Å². The largest absolute Gasteiger partial charge is 0.344 e. The Morgan fingerprint density at radius 2 is 2.00 bits per heavy atom. The third-order valence-corrected chi connectivity index (χ3v) is 4.05. The van der Waals surface area contributed by atoms with Crippen LogP contribution in [0.3, 0.4) is 0 Å². The van der Waals surface area contributed by atoms with Crippen molar-refractivity contribution >= 4 is 5.91 Å². The molecule has 2 aliphatic rings. The van der Waals surface area contributed by atoms with Crippen LogP contribution < -0.4 is 0 Å². The Kier molecular flexibility index (Phi) is 4.01. The lowest BCUT2D eigenvalue weighted by atomic mass is 10.1. The van der Waals surface area contributed by atoms with Crippen molar-refractivity contribution in [3.8, 4) is 6.07 Å². The van der Waals surface area contributed by atoms with Gasteiger partial charge in [-0.25, -0.2) is 0 Å². The van der Waals surface area contributed by atoms with E-state index in [2.05, 4.69) is 11.0 Å². The summed E-state index contributed by atoms with van der Waals surface area (Å²) in [4.78, 5) is 16.3. The number of carbonyl (C=O) groups is 1. The molecule has 1 saturated heterocycles. The third-order valence-electron chi connectivity index (χ3n) is 4.05. The summed E-state index contributed by atoms with van der Waals surface area (Å²) in [7, 11) is 1.85. The van der Waals surface area contributed by atoms with Crippen LogP contribution in [0.25, 0.3) is 0 Å². The minimum Gasteiger partial charge on any atom is -0.344 e. The molecule has 2 fully saturated rings. The van der Waals surface area contributed by atoms with Crippen molar-refractivity contribution in [1.82, 2.24) is 9.80 Å². The molecule has 1 atom stereocenters. The smallest absolute Gasteiger partial charge is 0.240 e. The van der Waals surface area contributed by atoms with Crippen molar-refractivity contribution < 1.29 is 4.79 Å². The molecule has 0 spiro atoms. The van der Waals surface area contributed by atoms with Gasteiger partial charge in [0.1, 0.15) is 6.04 Å². The second kappa shape index (κ2) is 5.50. The Labute approximate surface area is 103 Å². The van der Waals surface area contributed by atoms with E-state index < -0.39 is 0 Å². The molecule has 1 aliphatic heterocycles. The normalized spacial score (nSPS) is 28.1. The molecule has 1 aliphatic carbocycles. The van der Waals surface area contributed by atoms with E-state index in [1.54, 1.807) is 4.90 Å². The molecule has 1 unspecified atom stereocenters. The topological polar surface area (TPSA) is 47.3 Å². The average Bonchev–Trinajstić information content (AvgIpc) is 2.80. The number of hydrogen-bond acceptors (Lipinski definition) is 3. The van der Waals surface area contributed by atoms with Gasteiger partial charge in [-0.1, -0.05) is 12.8 Å². The first-order valence-electron chi connectivity index (χ1n) is 6.61. The maximum Gasteiger partial charge on any atom is 0.240 e. The summed E-state index contributed by atoms with van der Waals surface area (Å²) >= 11 is 0. The predicted molar refractivity (Wildman–Crippen MR) is 65.2 cm³/mol. The molecule has 4 nitrogen and oxygen atoms in total. The fourth-order valence-corrected chi connectivity index (χ4v) is 3.12.